The number of piperazine rings is 1. The van der Waals surface area contributed by atoms with Crippen LogP contribution >= 0.6 is 11.6 Å². The number of fused-ring (bicyclic) bond motifs is 1. The third kappa shape index (κ3) is 9.37. The fourth-order valence-electron chi connectivity index (χ4n) is 8.18. The second-order valence-corrected chi connectivity index (χ2v) is 14.2. The molecule has 2 heterocycles. The van der Waals surface area contributed by atoms with E-state index in [-0.39, 0.29) is 23.4 Å². The maximum Gasteiger partial charge on any atom is 0.245 e. The summed E-state index contributed by atoms with van der Waals surface area (Å²) in [5, 5.41) is 7.32. The molecule has 5 unspecified atom stereocenters. The molecular weight excluding hydrogens is 604 g/mol. The molecule has 2 aromatic carbocycles. The second kappa shape index (κ2) is 17.5. The summed E-state index contributed by atoms with van der Waals surface area (Å²) in [5.74, 6) is 1.46. The number of amides is 2. The van der Waals surface area contributed by atoms with Gasteiger partial charge in [-0.05, 0) is 85.7 Å². The van der Waals surface area contributed by atoms with Crippen LogP contribution in [-0.2, 0) is 22.4 Å². The van der Waals surface area contributed by atoms with E-state index < -0.39 is 6.04 Å². The van der Waals surface area contributed by atoms with E-state index in [1.165, 1.54) is 11.1 Å². The number of nitrogens with one attached hydrogen (secondary N) is 2. The van der Waals surface area contributed by atoms with Gasteiger partial charge < -0.3 is 15.5 Å². The summed E-state index contributed by atoms with van der Waals surface area (Å²) in [5.41, 5.74) is 3.56. The zero-order valence-corrected chi connectivity index (χ0v) is 30.1. The van der Waals surface area contributed by atoms with Crippen molar-refractivity contribution in [3.8, 4) is 0 Å². The van der Waals surface area contributed by atoms with Gasteiger partial charge in [-0.1, -0.05) is 93.9 Å². The fraction of sp³-hybridized carbons (Fsp3) is 0.550. The highest BCUT2D eigenvalue weighted by Crippen LogP contribution is 2.48. The van der Waals surface area contributed by atoms with Gasteiger partial charge in [0.2, 0.25) is 11.8 Å². The fourth-order valence-corrected chi connectivity index (χ4v) is 8.31. The van der Waals surface area contributed by atoms with Crippen molar-refractivity contribution < 1.29 is 9.59 Å². The van der Waals surface area contributed by atoms with Crippen LogP contribution in [0.25, 0.3) is 0 Å². The average molecular weight is 661 g/mol. The van der Waals surface area contributed by atoms with Crippen LogP contribution in [0.5, 0.6) is 0 Å². The molecule has 0 radical (unpaired) electrons. The molecule has 0 bridgehead atoms. The Morgan fingerprint density at radius 1 is 1.04 bits per heavy atom. The molecule has 47 heavy (non-hydrogen) atoms. The summed E-state index contributed by atoms with van der Waals surface area (Å²) in [6, 6.07) is 15.2. The monoisotopic (exact) mass is 660 g/mol. The Balaban J connectivity index is 0.00000245. The topological polar surface area (TPSA) is 64.7 Å². The lowest BCUT2D eigenvalue weighted by Crippen LogP contribution is -2.60. The molecule has 7 heteroatoms. The summed E-state index contributed by atoms with van der Waals surface area (Å²) in [6.07, 6.45) is 11.8. The number of carbonyl (C=O) groups is 2. The zero-order valence-electron chi connectivity index (χ0n) is 29.3. The number of hydrogen-bond acceptors (Lipinski definition) is 4. The molecule has 2 aromatic rings. The summed E-state index contributed by atoms with van der Waals surface area (Å²) >= 11 is 6.16. The van der Waals surface area contributed by atoms with Gasteiger partial charge in [-0.3, -0.25) is 14.5 Å². The number of carbonyl (C=O) groups excluding carboxylic acids is 2. The van der Waals surface area contributed by atoms with Gasteiger partial charge in [0, 0.05) is 55.6 Å². The molecular formula is C40H57ClN4O2. The van der Waals surface area contributed by atoms with E-state index in [2.05, 4.69) is 79.3 Å². The number of rotatable bonds is 11. The van der Waals surface area contributed by atoms with Crippen molar-refractivity contribution in [1.29, 1.82) is 0 Å². The molecule has 2 amide bonds. The van der Waals surface area contributed by atoms with Crippen molar-refractivity contribution in [2.24, 2.45) is 17.8 Å². The van der Waals surface area contributed by atoms with E-state index in [9.17, 15) is 9.59 Å². The van der Waals surface area contributed by atoms with E-state index in [1.54, 1.807) is 0 Å². The third-order valence-electron chi connectivity index (χ3n) is 10.2. The van der Waals surface area contributed by atoms with Crippen LogP contribution in [0.4, 0.5) is 0 Å². The van der Waals surface area contributed by atoms with Crippen LogP contribution in [0.2, 0.25) is 5.02 Å². The molecule has 2 fully saturated rings. The molecule has 6 nitrogen and oxygen atoms in total. The molecule has 0 aromatic heterocycles. The molecule has 3 aliphatic rings. The molecule has 256 valence electrons. The maximum absolute atomic E-state index is 14.1. The first-order chi connectivity index (χ1) is 22.7. The lowest BCUT2D eigenvalue weighted by Gasteiger charge is -2.47. The number of allylic oxidation sites excluding steroid dienone is 3. The lowest BCUT2D eigenvalue weighted by molar-refractivity contribution is -0.139. The average Bonchev–Trinajstić information content (AvgIpc) is 3.43. The van der Waals surface area contributed by atoms with Gasteiger partial charge in [0.15, 0.2) is 0 Å². The maximum atomic E-state index is 14.1. The molecule has 1 aliphatic carbocycles. The highest BCUT2D eigenvalue weighted by Gasteiger charge is 2.48. The molecule has 5 atom stereocenters. The highest BCUT2D eigenvalue weighted by molar-refractivity contribution is 6.30. The Kier molecular flexibility index (Phi) is 13.7. The van der Waals surface area contributed by atoms with E-state index in [1.807, 2.05) is 49.1 Å². The van der Waals surface area contributed by atoms with Gasteiger partial charge in [0.1, 0.15) is 6.04 Å². The summed E-state index contributed by atoms with van der Waals surface area (Å²) in [4.78, 5) is 32.3. The quantitative estimate of drug-likeness (QED) is 0.247. The van der Waals surface area contributed by atoms with Gasteiger partial charge in [-0.2, -0.15) is 0 Å². The van der Waals surface area contributed by atoms with Crippen molar-refractivity contribution in [1.82, 2.24) is 20.4 Å². The van der Waals surface area contributed by atoms with Crippen LogP contribution in [-0.4, -0.2) is 65.9 Å². The van der Waals surface area contributed by atoms with E-state index in [4.69, 9.17) is 11.6 Å². The van der Waals surface area contributed by atoms with Crippen LogP contribution in [0, 0.1) is 17.8 Å². The Morgan fingerprint density at radius 2 is 1.72 bits per heavy atom. The number of benzene rings is 2. The first-order valence-corrected chi connectivity index (χ1v) is 18.2. The van der Waals surface area contributed by atoms with Crippen molar-refractivity contribution in [2.45, 2.75) is 90.8 Å². The van der Waals surface area contributed by atoms with Crippen LogP contribution < -0.4 is 10.6 Å². The van der Waals surface area contributed by atoms with Gasteiger partial charge in [-0.15, -0.1) is 6.58 Å². The molecule has 0 spiro atoms. The van der Waals surface area contributed by atoms with Crippen molar-refractivity contribution in [2.75, 3.05) is 32.7 Å². The normalized spacial score (nSPS) is 25.2. The summed E-state index contributed by atoms with van der Waals surface area (Å²) < 4.78 is 0. The smallest absolute Gasteiger partial charge is 0.245 e. The van der Waals surface area contributed by atoms with Gasteiger partial charge >= 0.3 is 0 Å². The lowest BCUT2D eigenvalue weighted by atomic mass is 9.83. The van der Waals surface area contributed by atoms with E-state index in [0.29, 0.717) is 48.7 Å². The minimum absolute atomic E-state index is 0.00459. The van der Waals surface area contributed by atoms with Crippen LogP contribution in [0.3, 0.4) is 0 Å². The van der Waals surface area contributed by atoms with Crippen LogP contribution in [0.15, 0.2) is 73.3 Å². The zero-order chi connectivity index (χ0) is 34.0. The number of nitrogens with zero attached hydrogens (tertiary/aromatic N) is 2. The Bertz CT molecular complexity index is 1350. The second-order valence-electron chi connectivity index (χ2n) is 13.7. The van der Waals surface area contributed by atoms with Gasteiger partial charge in [-0.25, -0.2) is 0 Å². The van der Waals surface area contributed by atoms with Crippen LogP contribution in [0.1, 0.15) is 83.0 Å². The summed E-state index contributed by atoms with van der Waals surface area (Å²) in [7, 11) is 0. The standard InChI is InChI=1S/C38H51ClN4O2.C2H6/c1-5-9-31-26-38(24-27(3)4,25-29(31)6-2)43-20-18-42(19-21-43)37(45)35(22-28-12-14-32(39)15-13-28)41-36(44)23-34-33-11-8-7-10-30(33)16-17-40-34;1-2/h5-15,27,29,31,34-35,40H,2,16-26H2,1,3-4H3,(H,41,44);1-2H3/b9-5-;. The Morgan fingerprint density at radius 3 is 2.38 bits per heavy atom. The Hall–Kier alpha value is -2.93. The van der Waals surface area contributed by atoms with Crippen molar-refractivity contribution in [3.05, 3.63) is 95.1 Å². The number of hydrogen-bond donors (Lipinski definition) is 2. The first kappa shape index (κ1) is 36.9. The molecule has 5 rings (SSSR count). The highest BCUT2D eigenvalue weighted by atomic mass is 35.5. The largest absolute Gasteiger partial charge is 0.344 e. The summed E-state index contributed by atoms with van der Waals surface area (Å²) in [6.45, 7) is 18.8. The predicted octanol–water partition coefficient (Wildman–Crippen LogP) is 7.39. The molecule has 1 saturated heterocycles. The third-order valence-corrected chi connectivity index (χ3v) is 10.4. The van der Waals surface area contributed by atoms with E-state index >= 15 is 0 Å². The van der Waals surface area contributed by atoms with Gasteiger partial charge in [0.25, 0.3) is 0 Å². The predicted molar refractivity (Wildman–Crippen MR) is 196 cm³/mol. The van der Waals surface area contributed by atoms with Crippen molar-refractivity contribution >= 4 is 23.4 Å². The van der Waals surface area contributed by atoms with E-state index in [0.717, 1.165) is 50.9 Å². The molecule has 2 N–H and O–H groups in total. The SMILES string of the molecule is C=CC1CC(CC(C)C)(N2CCN(C(=O)C(Cc3ccc(Cl)cc3)NC(=O)CC3NCCc4ccccc43)CC2)CC1/C=C\C.CC. The van der Waals surface area contributed by atoms with Gasteiger partial charge in [0.05, 0.1) is 0 Å². The number of halogens is 1. The first-order valence-electron chi connectivity index (χ1n) is 17.9. The Labute approximate surface area is 289 Å². The van der Waals surface area contributed by atoms with Crippen molar-refractivity contribution in [3.63, 3.8) is 0 Å². The minimum atomic E-state index is -0.635. The molecule has 2 aliphatic heterocycles. The molecule has 1 saturated carbocycles. The minimum Gasteiger partial charge on any atom is -0.344 e.